The summed E-state index contributed by atoms with van der Waals surface area (Å²) in [5.41, 5.74) is 5.77. The van der Waals surface area contributed by atoms with E-state index in [2.05, 4.69) is 10.6 Å². The Morgan fingerprint density at radius 2 is 2.00 bits per heavy atom. The molecule has 2 rings (SSSR count). The minimum absolute atomic E-state index is 0. The molecule has 1 heterocycles. The van der Waals surface area contributed by atoms with Crippen LogP contribution in [0.3, 0.4) is 0 Å². The Bertz CT molecular complexity index is 503. The van der Waals surface area contributed by atoms with Crippen LogP contribution in [0.15, 0.2) is 24.3 Å². The molecule has 0 bridgehead atoms. The molecular weight excluding hydrogens is 306 g/mol. The standard InChI is InChI=1S/C15H21N3O3.ClH/c1-10(11-8-17-9-11)15(20)18-12-2-4-13(5-3-12)21-7-6-14(16)19;/h2-5,10-11,17H,6-9H2,1H3,(H2,16,19)(H,18,20);1H. The van der Waals surface area contributed by atoms with Crippen LogP contribution in [0.2, 0.25) is 0 Å². The maximum Gasteiger partial charge on any atom is 0.227 e. The molecule has 22 heavy (non-hydrogen) atoms. The number of hydrogen-bond donors (Lipinski definition) is 3. The van der Waals surface area contributed by atoms with Crippen molar-refractivity contribution in [2.24, 2.45) is 17.6 Å². The molecule has 2 amide bonds. The molecule has 0 spiro atoms. The smallest absolute Gasteiger partial charge is 0.227 e. The Morgan fingerprint density at radius 3 is 2.50 bits per heavy atom. The first-order valence-electron chi connectivity index (χ1n) is 7.09. The molecule has 4 N–H and O–H groups in total. The van der Waals surface area contributed by atoms with Crippen molar-refractivity contribution in [1.82, 2.24) is 5.32 Å². The Kier molecular flexibility index (Phi) is 7.14. The number of benzene rings is 1. The van der Waals surface area contributed by atoms with Gasteiger partial charge in [-0.1, -0.05) is 6.92 Å². The highest BCUT2D eigenvalue weighted by atomic mass is 35.5. The SMILES string of the molecule is CC(C(=O)Nc1ccc(OCCC(N)=O)cc1)C1CNC1.Cl. The second-order valence-corrected chi connectivity index (χ2v) is 5.29. The lowest BCUT2D eigenvalue weighted by Gasteiger charge is -2.31. The van der Waals surface area contributed by atoms with E-state index in [0.29, 0.717) is 11.7 Å². The van der Waals surface area contributed by atoms with Crippen molar-refractivity contribution in [2.45, 2.75) is 13.3 Å². The van der Waals surface area contributed by atoms with Crippen molar-refractivity contribution in [1.29, 1.82) is 0 Å². The van der Waals surface area contributed by atoms with Crippen LogP contribution in [0, 0.1) is 11.8 Å². The molecule has 1 fully saturated rings. The number of amides is 2. The average Bonchev–Trinajstić information content (AvgIpc) is 2.38. The highest BCUT2D eigenvalue weighted by molar-refractivity contribution is 5.92. The third-order valence-corrected chi connectivity index (χ3v) is 3.67. The van der Waals surface area contributed by atoms with Gasteiger partial charge >= 0.3 is 0 Å². The largest absolute Gasteiger partial charge is 0.493 e. The number of carbonyl (C=O) groups is 2. The monoisotopic (exact) mass is 327 g/mol. The van der Waals surface area contributed by atoms with E-state index in [-0.39, 0.29) is 37.3 Å². The molecule has 0 radical (unpaired) electrons. The van der Waals surface area contributed by atoms with Crippen LogP contribution in [-0.2, 0) is 9.59 Å². The Balaban J connectivity index is 0.00000242. The lowest BCUT2D eigenvalue weighted by atomic mass is 9.88. The van der Waals surface area contributed by atoms with Gasteiger partial charge in [0.25, 0.3) is 0 Å². The van der Waals surface area contributed by atoms with Crippen molar-refractivity contribution in [3.8, 4) is 5.75 Å². The number of carbonyl (C=O) groups excluding carboxylic acids is 2. The summed E-state index contributed by atoms with van der Waals surface area (Å²) in [6, 6.07) is 7.07. The molecule has 122 valence electrons. The van der Waals surface area contributed by atoms with E-state index in [1.807, 2.05) is 6.92 Å². The molecule has 1 unspecified atom stereocenters. The fourth-order valence-corrected chi connectivity index (χ4v) is 2.04. The van der Waals surface area contributed by atoms with Crippen LogP contribution < -0.4 is 21.1 Å². The Labute approximate surface area is 136 Å². The number of hydrogen-bond acceptors (Lipinski definition) is 4. The van der Waals surface area contributed by atoms with Gasteiger partial charge in [0, 0.05) is 11.6 Å². The number of anilines is 1. The molecule has 1 aromatic rings. The first-order valence-corrected chi connectivity index (χ1v) is 7.09. The molecule has 1 aromatic carbocycles. The average molecular weight is 328 g/mol. The first-order chi connectivity index (χ1) is 10.1. The van der Waals surface area contributed by atoms with Crippen LogP contribution >= 0.6 is 12.4 Å². The summed E-state index contributed by atoms with van der Waals surface area (Å²) < 4.78 is 5.37. The van der Waals surface area contributed by atoms with E-state index >= 15 is 0 Å². The third-order valence-electron chi connectivity index (χ3n) is 3.67. The quantitative estimate of drug-likeness (QED) is 0.700. The zero-order chi connectivity index (χ0) is 15.2. The van der Waals surface area contributed by atoms with E-state index in [4.69, 9.17) is 10.5 Å². The predicted octanol–water partition coefficient (Wildman–Crippen LogP) is 1.16. The molecule has 1 aliphatic rings. The summed E-state index contributed by atoms with van der Waals surface area (Å²) in [7, 11) is 0. The van der Waals surface area contributed by atoms with E-state index < -0.39 is 5.91 Å². The minimum Gasteiger partial charge on any atom is -0.493 e. The van der Waals surface area contributed by atoms with E-state index in [0.717, 1.165) is 18.8 Å². The van der Waals surface area contributed by atoms with Gasteiger partial charge in [-0.3, -0.25) is 9.59 Å². The summed E-state index contributed by atoms with van der Waals surface area (Å²) >= 11 is 0. The van der Waals surface area contributed by atoms with Gasteiger partial charge in [-0.2, -0.15) is 0 Å². The first kappa shape index (κ1) is 18.3. The molecule has 1 aliphatic heterocycles. The minimum atomic E-state index is -0.390. The lowest BCUT2D eigenvalue weighted by Crippen LogP contribution is -2.48. The van der Waals surface area contributed by atoms with Crippen LogP contribution in [0.1, 0.15) is 13.3 Å². The number of primary amides is 1. The van der Waals surface area contributed by atoms with Gasteiger partial charge in [-0.05, 0) is 43.3 Å². The van der Waals surface area contributed by atoms with Crippen molar-refractivity contribution >= 4 is 29.9 Å². The van der Waals surface area contributed by atoms with Gasteiger partial charge in [-0.25, -0.2) is 0 Å². The maximum absolute atomic E-state index is 12.1. The van der Waals surface area contributed by atoms with Gasteiger partial charge in [-0.15, -0.1) is 12.4 Å². The zero-order valence-electron chi connectivity index (χ0n) is 12.5. The topological polar surface area (TPSA) is 93.4 Å². The summed E-state index contributed by atoms with van der Waals surface area (Å²) in [5.74, 6) is 0.701. The molecule has 7 heteroatoms. The van der Waals surface area contributed by atoms with Gasteiger partial charge in [0.05, 0.1) is 13.0 Å². The van der Waals surface area contributed by atoms with Crippen molar-refractivity contribution in [2.75, 3.05) is 25.0 Å². The van der Waals surface area contributed by atoms with Crippen molar-refractivity contribution < 1.29 is 14.3 Å². The predicted molar refractivity (Wildman–Crippen MR) is 87.1 cm³/mol. The number of halogens is 1. The molecule has 0 saturated carbocycles. The summed E-state index contributed by atoms with van der Waals surface area (Å²) in [6.07, 6.45) is 0.186. The third kappa shape index (κ3) is 5.20. The van der Waals surface area contributed by atoms with Gasteiger partial charge in [0.2, 0.25) is 11.8 Å². The highest BCUT2D eigenvalue weighted by Crippen LogP contribution is 2.20. The number of nitrogens with one attached hydrogen (secondary N) is 2. The van der Waals surface area contributed by atoms with E-state index in [1.165, 1.54) is 0 Å². The molecule has 1 atom stereocenters. The fourth-order valence-electron chi connectivity index (χ4n) is 2.04. The van der Waals surface area contributed by atoms with Crippen LogP contribution in [0.4, 0.5) is 5.69 Å². The highest BCUT2D eigenvalue weighted by Gasteiger charge is 2.28. The summed E-state index contributed by atoms with van der Waals surface area (Å²) in [6.45, 7) is 4.01. The Morgan fingerprint density at radius 1 is 1.36 bits per heavy atom. The van der Waals surface area contributed by atoms with Crippen molar-refractivity contribution in [3.05, 3.63) is 24.3 Å². The van der Waals surface area contributed by atoms with Gasteiger partial charge < -0.3 is 21.1 Å². The second kappa shape index (κ2) is 8.60. The maximum atomic E-state index is 12.1. The second-order valence-electron chi connectivity index (χ2n) is 5.29. The van der Waals surface area contributed by atoms with Crippen LogP contribution in [-0.4, -0.2) is 31.5 Å². The fraction of sp³-hybridized carbons (Fsp3) is 0.467. The van der Waals surface area contributed by atoms with Crippen LogP contribution in [0.5, 0.6) is 5.75 Å². The molecule has 1 saturated heterocycles. The van der Waals surface area contributed by atoms with Crippen molar-refractivity contribution in [3.63, 3.8) is 0 Å². The zero-order valence-corrected chi connectivity index (χ0v) is 13.3. The molecule has 0 aliphatic carbocycles. The molecular formula is C15H22ClN3O3. The molecule has 0 aromatic heterocycles. The molecule has 6 nitrogen and oxygen atoms in total. The van der Waals surface area contributed by atoms with Gasteiger partial charge in [0.1, 0.15) is 5.75 Å². The lowest BCUT2D eigenvalue weighted by molar-refractivity contribution is -0.121. The number of ether oxygens (including phenoxy) is 1. The number of nitrogens with two attached hydrogens (primary N) is 1. The normalized spacial score (nSPS) is 15.1. The van der Waals surface area contributed by atoms with E-state index in [1.54, 1.807) is 24.3 Å². The summed E-state index contributed by atoms with van der Waals surface area (Å²) in [4.78, 5) is 22.7. The van der Waals surface area contributed by atoms with E-state index in [9.17, 15) is 9.59 Å². The van der Waals surface area contributed by atoms with Gasteiger partial charge in [0.15, 0.2) is 0 Å². The Hall–Kier alpha value is -1.79. The number of rotatable bonds is 7. The summed E-state index contributed by atoms with van der Waals surface area (Å²) in [5, 5.41) is 6.06. The van der Waals surface area contributed by atoms with Crippen LogP contribution in [0.25, 0.3) is 0 Å².